The minimum atomic E-state index is 0.367. The first kappa shape index (κ1) is 15.9. The number of nitrogens with one attached hydrogen (secondary N) is 1. The van der Waals surface area contributed by atoms with Crippen molar-refractivity contribution in [2.24, 2.45) is 5.92 Å². The van der Waals surface area contributed by atoms with Crippen LogP contribution in [0.3, 0.4) is 0 Å². The zero-order chi connectivity index (χ0) is 14.4. The molecule has 0 unspecified atom stereocenters. The van der Waals surface area contributed by atoms with Crippen LogP contribution in [-0.4, -0.2) is 23.3 Å². The monoisotopic (exact) mass is 295 g/mol. The molecule has 1 N–H and O–H groups in total. The van der Waals surface area contributed by atoms with Crippen LogP contribution in [0.2, 0.25) is 0 Å². The maximum absolute atomic E-state index is 4.52. The third-order valence-electron chi connectivity index (χ3n) is 4.45. The zero-order valence-electron chi connectivity index (χ0n) is 13.2. The highest BCUT2D eigenvalue weighted by Gasteiger charge is 2.36. The van der Waals surface area contributed by atoms with Gasteiger partial charge in [-0.1, -0.05) is 33.6 Å². The van der Waals surface area contributed by atoms with E-state index in [2.05, 4.69) is 36.3 Å². The maximum Gasteiger partial charge on any atom is 0.123 e. The smallest absolute Gasteiger partial charge is 0.123 e. The average Bonchev–Trinajstić information content (AvgIpc) is 3.07. The van der Waals surface area contributed by atoms with Crippen LogP contribution in [0, 0.1) is 5.92 Å². The second-order valence-corrected chi connectivity index (χ2v) is 7.61. The first-order chi connectivity index (χ1) is 9.66. The molecular weight excluding hydrogens is 266 g/mol. The topological polar surface area (TPSA) is 37.8 Å². The normalized spacial score (nSPS) is 18.0. The van der Waals surface area contributed by atoms with Gasteiger partial charge in [0.25, 0.3) is 0 Å². The Bertz CT molecular complexity index is 394. The Morgan fingerprint density at radius 2 is 2.00 bits per heavy atom. The second-order valence-electron chi connectivity index (χ2n) is 6.54. The van der Waals surface area contributed by atoms with Gasteiger partial charge in [0, 0.05) is 11.8 Å². The van der Waals surface area contributed by atoms with Crippen LogP contribution in [0.25, 0.3) is 0 Å². The lowest BCUT2D eigenvalue weighted by atomic mass is 9.84. The summed E-state index contributed by atoms with van der Waals surface area (Å²) in [6.45, 7) is 9.00. The molecule has 1 aromatic rings. The van der Waals surface area contributed by atoms with E-state index in [0.717, 1.165) is 25.4 Å². The van der Waals surface area contributed by atoms with Crippen LogP contribution in [-0.2, 0) is 11.8 Å². The van der Waals surface area contributed by atoms with E-state index in [1.54, 1.807) is 0 Å². The number of rotatable bonds is 8. The third-order valence-corrected chi connectivity index (χ3v) is 5.68. The van der Waals surface area contributed by atoms with Crippen molar-refractivity contribution in [3.63, 3.8) is 0 Å². The number of nitrogens with zero attached hydrogens (tertiary/aromatic N) is 2. The van der Waals surface area contributed by atoms with Gasteiger partial charge in [-0.2, -0.15) is 0 Å². The molecule has 0 atom stereocenters. The van der Waals surface area contributed by atoms with E-state index in [1.807, 2.05) is 11.3 Å². The highest BCUT2D eigenvalue weighted by Crippen LogP contribution is 2.44. The van der Waals surface area contributed by atoms with Crippen LogP contribution >= 0.6 is 11.3 Å². The fourth-order valence-electron chi connectivity index (χ4n) is 3.09. The Morgan fingerprint density at radius 3 is 2.65 bits per heavy atom. The SMILES string of the molecule is CCC1(c2nnc(CCCNCC(C)C)s2)CCCC1. The van der Waals surface area contributed by atoms with Gasteiger partial charge in [0.2, 0.25) is 0 Å². The minimum absolute atomic E-state index is 0.367. The highest BCUT2D eigenvalue weighted by molar-refractivity contribution is 7.11. The van der Waals surface area contributed by atoms with E-state index in [9.17, 15) is 0 Å². The van der Waals surface area contributed by atoms with Crippen molar-refractivity contribution < 1.29 is 0 Å². The predicted octanol–water partition coefficient (Wildman–Crippen LogP) is 3.94. The molecule has 1 fully saturated rings. The van der Waals surface area contributed by atoms with E-state index in [-0.39, 0.29) is 0 Å². The molecule has 0 aromatic carbocycles. The molecule has 4 heteroatoms. The van der Waals surface area contributed by atoms with Crippen molar-refractivity contribution in [3.05, 3.63) is 10.0 Å². The molecule has 0 amide bonds. The lowest BCUT2D eigenvalue weighted by molar-refractivity contribution is 0.419. The Balaban J connectivity index is 1.80. The fraction of sp³-hybridized carbons (Fsp3) is 0.875. The van der Waals surface area contributed by atoms with Crippen molar-refractivity contribution in [2.45, 2.75) is 71.1 Å². The predicted molar refractivity (Wildman–Crippen MR) is 86.4 cm³/mol. The molecule has 1 aliphatic carbocycles. The van der Waals surface area contributed by atoms with Gasteiger partial charge in [0.15, 0.2) is 0 Å². The van der Waals surface area contributed by atoms with Gasteiger partial charge in [-0.25, -0.2) is 0 Å². The molecule has 0 bridgehead atoms. The number of hydrogen-bond acceptors (Lipinski definition) is 4. The van der Waals surface area contributed by atoms with Crippen molar-refractivity contribution >= 4 is 11.3 Å². The zero-order valence-corrected chi connectivity index (χ0v) is 14.1. The molecule has 1 saturated carbocycles. The van der Waals surface area contributed by atoms with Gasteiger partial charge in [-0.3, -0.25) is 0 Å². The summed E-state index contributed by atoms with van der Waals surface area (Å²) >= 11 is 1.87. The average molecular weight is 295 g/mol. The molecule has 0 radical (unpaired) electrons. The molecular formula is C16H29N3S. The largest absolute Gasteiger partial charge is 0.316 e. The van der Waals surface area contributed by atoms with Crippen LogP contribution in [0.5, 0.6) is 0 Å². The molecule has 114 valence electrons. The molecule has 2 rings (SSSR count). The first-order valence-corrected chi connectivity index (χ1v) is 9.01. The van der Waals surface area contributed by atoms with Gasteiger partial charge in [0.05, 0.1) is 0 Å². The number of aromatic nitrogens is 2. The molecule has 1 aliphatic rings. The van der Waals surface area contributed by atoms with Crippen molar-refractivity contribution in [3.8, 4) is 0 Å². The van der Waals surface area contributed by atoms with E-state index in [0.29, 0.717) is 5.41 Å². The van der Waals surface area contributed by atoms with E-state index < -0.39 is 0 Å². The Morgan fingerprint density at radius 1 is 1.25 bits per heavy atom. The summed E-state index contributed by atoms with van der Waals surface area (Å²) < 4.78 is 0. The lowest BCUT2D eigenvalue weighted by Gasteiger charge is -2.23. The first-order valence-electron chi connectivity index (χ1n) is 8.20. The van der Waals surface area contributed by atoms with Crippen LogP contribution in [0.15, 0.2) is 0 Å². The van der Waals surface area contributed by atoms with Gasteiger partial charge in [-0.05, 0) is 44.7 Å². The van der Waals surface area contributed by atoms with Crippen LogP contribution in [0.1, 0.15) is 69.3 Å². The number of hydrogen-bond donors (Lipinski definition) is 1. The summed E-state index contributed by atoms with van der Waals surface area (Å²) in [4.78, 5) is 0. The summed E-state index contributed by atoms with van der Waals surface area (Å²) in [7, 11) is 0. The molecule has 3 nitrogen and oxygen atoms in total. The van der Waals surface area contributed by atoms with Gasteiger partial charge in [0.1, 0.15) is 10.0 Å². The summed E-state index contributed by atoms with van der Waals surface area (Å²) in [5, 5.41) is 15.0. The Kier molecular flexibility index (Phi) is 5.97. The Hall–Kier alpha value is -0.480. The molecule has 20 heavy (non-hydrogen) atoms. The van der Waals surface area contributed by atoms with Gasteiger partial charge >= 0.3 is 0 Å². The molecule has 0 aliphatic heterocycles. The van der Waals surface area contributed by atoms with E-state index >= 15 is 0 Å². The fourth-order valence-corrected chi connectivity index (χ4v) is 4.29. The summed E-state index contributed by atoms with van der Waals surface area (Å²) in [5.41, 5.74) is 0.367. The summed E-state index contributed by atoms with van der Waals surface area (Å²) in [6, 6.07) is 0. The molecule has 0 saturated heterocycles. The lowest BCUT2D eigenvalue weighted by Crippen LogP contribution is -2.21. The van der Waals surface area contributed by atoms with E-state index in [4.69, 9.17) is 0 Å². The standard InChI is InChI=1S/C16H29N3S/c1-4-16(9-5-6-10-16)15-19-18-14(20-15)8-7-11-17-12-13(2)3/h13,17H,4-12H2,1-3H3. The van der Waals surface area contributed by atoms with Crippen molar-refractivity contribution in [2.75, 3.05) is 13.1 Å². The summed E-state index contributed by atoms with van der Waals surface area (Å²) in [6.07, 6.45) is 8.81. The highest BCUT2D eigenvalue weighted by atomic mass is 32.1. The molecule has 0 spiro atoms. The minimum Gasteiger partial charge on any atom is -0.316 e. The van der Waals surface area contributed by atoms with E-state index in [1.165, 1.54) is 48.5 Å². The second kappa shape index (κ2) is 7.51. The van der Waals surface area contributed by atoms with Gasteiger partial charge in [-0.15, -0.1) is 21.5 Å². The van der Waals surface area contributed by atoms with Crippen molar-refractivity contribution in [1.29, 1.82) is 0 Å². The molecule has 1 aromatic heterocycles. The third kappa shape index (κ3) is 4.01. The molecule has 1 heterocycles. The summed E-state index contributed by atoms with van der Waals surface area (Å²) in [5.74, 6) is 0.731. The van der Waals surface area contributed by atoms with Crippen molar-refractivity contribution in [1.82, 2.24) is 15.5 Å². The van der Waals surface area contributed by atoms with Crippen LogP contribution < -0.4 is 5.32 Å². The van der Waals surface area contributed by atoms with Gasteiger partial charge < -0.3 is 5.32 Å². The number of aryl methyl sites for hydroxylation is 1. The Labute approximate surface area is 127 Å². The quantitative estimate of drug-likeness (QED) is 0.738. The maximum atomic E-state index is 4.52. The van der Waals surface area contributed by atoms with Crippen LogP contribution in [0.4, 0.5) is 0 Å².